The summed E-state index contributed by atoms with van der Waals surface area (Å²) in [6.07, 6.45) is -3.28. The predicted molar refractivity (Wildman–Crippen MR) is 107 cm³/mol. The van der Waals surface area contributed by atoms with Crippen LogP contribution in [0.15, 0.2) is 77.8 Å². The molecule has 32 heavy (non-hydrogen) atoms. The molecule has 0 aliphatic rings. The van der Waals surface area contributed by atoms with Gasteiger partial charge < -0.3 is 4.74 Å². The number of pyridine rings is 1. The van der Waals surface area contributed by atoms with Gasteiger partial charge in [-0.1, -0.05) is 30.3 Å². The van der Waals surface area contributed by atoms with Gasteiger partial charge in [0.15, 0.2) is 9.84 Å². The first-order valence-corrected chi connectivity index (χ1v) is 10.8. The Labute approximate surface area is 181 Å². The fraction of sp³-hybridized carbons (Fsp3) is 0.143. The molecule has 2 aromatic carbocycles. The normalized spacial score (nSPS) is 12.8. The molecule has 1 N–H and O–H groups in total. The Kier molecular flexibility index (Phi) is 6.80. The highest BCUT2D eigenvalue weighted by Gasteiger charge is 2.31. The molecule has 1 amide bonds. The summed E-state index contributed by atoms with van der Waals surface area (Å²) in [6, 6.07) is 14.3. The molecule has 11 heteroatoms. The van der Waals surface area contributed by atoms with Gasteiger partial charge in [0.1, 0.15) is 11.8 Å². The largest absolute Gasteiger partial charge is 0.573 e. The third-order valence-corrected chi connectivity index (χ3v) is 6.21. The zero-order chi connectivity index (χ0) is 23.4. The van der Waals surface area contributed by atoms with Gasteiger partial charge in [0.05, 0.1) is 16.3 Å². The number of sulfone groups is 1. The van der Waals surface area contributed by atoms with Crippen LogP contribution in [0, 0.1) is 0 Å². The van der Waals surface area contributed by atoms with Crippen molar-refractivity contribution in [2.75, 3.05) is 5.75 Å². The maximum atomic E-state index is 12.9. The number of hydrogen-bond donors (Lipinski definition) is 1. The number of ether oxygens (including phenoxy) is 1. The van der Waals surface area contributed by atoms with Crippen LogP contribution in [0.3, 0.4) is 0 Å². The van der Waals surface area contributed by atoms with Gasteiger partial charge >= 0.3 is 6.36 Å². The van der Waals surface area contributed by atoms with Gasteiger partial charge in [-0.05, 0) is 47.5 Å². The fourth-order valence-corrected chi connectivity index (χ4v) is 4.43. The number of alkyl halides is 3. The second kappa shape index (κ2) is 9.37. The van der Waals surface area contributed by atoms with Crippen molar-refractivity contribution in [3.8, 4) is 16.9 Å². The molecule has 0 fully saturated rings. The average Bonchev–Trinajstić information content (AvgIpc) is 2.77. The minimum absolute atomic E-state index is 0.0569. The first kappa shape index (κ1) is 23.2. The summed E-state index contributed by atoms with van der Waals surface area (Å²) in [5.41, 5.74) is 1.32. The lowest BCUT2D eigenvalue weighted by Gasteiger charge is -2.22. The van der Waals surface area contributed by atoms with E-state index in [4.69, 9.17) is 0 Å². The van der Waals surface area contributed by atoms with Gasteiger partial charge in [0, 0.05) is 6.20 Å². The zero-order valence-corrected chi connectivity index (χ0v) is 17.1. The first-order chi connectivity index (χ1) is 15.1. The molecular formula is C21H17F3N2O5S. The SMILES string of the molecule is O=CN(O)C(CS(=O)(=O)c1ccc(-c2ccc(OC(F)(F)F)cc2)cc1)c1ccccn1. The van der Waals surface area contributed by atoms with Crippen LogP contribution in [-0.2, 0) is 14.6 Å². The Morgan fingerprint density at radius 3 is 2.09 bits per heavy atom. The highest BCUT2D eigenvalue weighted by atomic mass is 32.2. The van der Waals surface area contributed by atoms with Crippen LogP contribution in [0.2, 0.25) is 0 Å². The number of hydrogen-bond acceptors (Lipinski definition) is 6. The van der Waals surface area contributed by atoms with Crippen molar-refractivity contribution < 1.29 is 36.3 Å². The predicted octanol–water partition coefficient (Wildman–Crippen LogP) is 4.01. The third-order valence-electron chi connectivity index (χ3n) is 4.47. The second-order valence-corrected chi connectivity index (χ2v) is 8.67. The number of rotatable bonds is 8. The van der Waals surface area contributed by atoms with E-state index in [-0.39, 0.29) is 27.8 Å². The smallest absolute Gasteiger partial charge is 0.406 e. The second-order valence-electron chi connectivity index (χ2n) is 6.63. The molecule has 3 aromatic rings. The van der Waals surface area contributed by atoms with E-state index in [1.165, 1.54) is 48.7 Å². The Morgan fingerprint density at radius 1 is 1.00 bits per heavy atom. The highest BCUT2D eigenvalue weighted by Crippen LogP contribution is 2.28. The summed E-state index contributed by atoms with van der Waals surface area (Å²) in [6.45, 7) is 0. The minimum atomic E-state index is -4.79. The number of aromatic nitrogens is 1. The van der Waals surface area contributed by atoms with Gasteiger partial charge in [-0.2, -0.15) is 0 Å². The summed E-state index contributed by atoms with van der Waals surface area (Å²) in [4.78, 5) is 15.0. The number of carbonyl (C=O) groups is 1. The average molecular weight is 466 g/mol. The van der Waals surface area contributed by atoms with E-state index >= 15 is 0 Å². The van der Waals surface area contributed by atoms with Crippen molar-refractivity contribution >= 4 is 16.2 Å². The lowest BCUT2D eigenvalue weighted by molar-refractivity contribution is -0.274. The molecule has 1 aromatic heterocycles. The van der Waals surface area contributed by atoms with E-state index in [2.05, 4.69) is 9.72 Å². The van der Waals surface area contributed by atoms with Gasteiger partial charge in [-0.3, -0.25) is 15.0 Å². The Balaban J connectivity index is 1.80. The van der Waals surface area contributed by atoms with Crippen LogP contribution in [0.25, 0.3) is 11.1 Å². The third kappa shape index (κ3) is 5.83. The fourth-order valence-electron chi connectivity index (χ4n) is 2.95. The molecule has 0 spiro atoms. The monoisotopic (exact) mass is 466 g/mol. The molecule has 0 saturated carbocycles. The van der Waals surface area contributed by atoms with E-state index in [9.17, 15) is 31.6 Å². The zero-order valence-electron chi connectivity index (χ0n) is 16.3. The van der Waals surface area contributed by atoms with E-state index in [1.54, 1.807) is 12.1 Å². The summed E-state index contributed by atoms with van der Waals surface area (Å²) in [7, 11) is -3.93. The van der Waals surface area contributed by atoms with E-state index in [1.807, 2.05) is 0 Å². The van der Waals surface area contributed by atoms with Crippen molar-refractivity contribution in [2.24, 2.45) is 0 Å². The topological polar surface area (TPSA) is 96.8 Å². The van der Waals surface area contributed by atoms with Crippen molar-refractivity contribution in [1.82, 2.24) is 10.0 Å². The Hall–Kier alpha value is -3.44. The molecular weight excluding hydrogens is 449 g/mol. The number of hydroxylamine groups is 2. The van der Waals surface area contributed by atoms with E-state index in [0.717, 1.165) is 12.1 Å². The van der Waals surface area contributed by atoms with Crippen molar-refractivity contribution in [3.63, 3.8) is 0 Å². The van der Waals surface area contributed by atoms with Crippen LogP contribution >= 0.6 is 0 Å². The van der Waals surface area contributed by atoms with Crippen molar-refractivity contribution in [2.45, 2.75) is 17.3 Å². The van der Waals surface area contributed by atoms with E-state index in [0.29, 0.717) is 11.1 Å². The maximum absolute atomic E-state index is 12.9. The molecule has 1 atom stereocenters. The molecule has 168 valence electrons. The van der Waals surface area contributed by atoms with Crippen LogP contribution in [0.5, 0.6) is 5.75 Å². The molecule has 3 rings (SSSR count). The molecule has 1 heterocycles. The summed E-state index contributed by atoms with van der Waals surface area (Å²) >= 11 is 0. The standard InChI is InChI=1S/C21H17F3N2O5S/c22-21(23,24)31-17-8-4-15(5-9-17)16-6-10-18(11-7-16)32(29,30)13-20(26(28)14-27)19-3-1-2-12-25-19/h1-12,14,20,28H,13H2. The highest BCUT2D eigenvalue weighted by molar-refractivity contribution is 7.91. The van der Waals surface area contributed by atoms with Gasteiger partial charge in [0.25, 0.3) is 0 Å². The summed E-state index contributed by atoms with van der Waals surface area (Å²) < 4.78 is 66.4. The number of nitrogens with zero attached hydrogens (tertiary/aromatic N) is 2. The van der Waals surface area contributed by atoms with Crippen LogP contribution in [-0.4, -0.2) is 42.2 Å². The van der Waals surface area contributed by atoms with Crippen molar-refractivity contribution in [3.05, 3.63) is 78.6 Å². The Bertz CT molecular complexity index is 1150. The van der Waals surface area contributed by atoms with Gasteiger partial charge in [0.2, 0.25) is 6.41 Å². The summed E-state index contributed by atoms with van der Waals surface area (Å²) in [5, 5.41) is 10.1. The Morgan fingerprint density at radius 2 is 1.59 bits per heavy atom. The molecule has 0 bridgehead atoms. The molecule has 0 aliphatic carbocycles. The lowest BCUT2D eigenvalue weighted by atomic mass is 10.1. The molecule has 0 saturated heterocycles. The molecule has 1 unspecified atom stereocenters. The maximum Gasteiger partial charge on any atom is 0.573 e. The molecule has 0 aliphatic heterocycles. The number of benzene rings is 2. The first-order valence-electron chi connectivity index (χ1n) is 9.11. The minimum Gasteiger partial charge on any atom is -0.406 e. The van der Waals surface area contributed by atoms with Crippen LogP contribution in [0.1, 0.15) is 11.7 Å². The van der Waals surface area contributed by atoms with E-state index < -0.39 is 28.0 Å². The van der Waals surface area contributed by atoms with Crippen LogP contribution in [0.4, 0.5) is 13.2 Å². The lowest BCUT2D eigenvalue weighted by Crippen LogP contribution is -2.30. The quantitative estimate of drug-likeness (QED) is 0.306. The van der Waals surface area contributed by atoms with Gasteiger partial charge in [-0.25, -0.2) is 13.5 Å². The molecule has 7 nitrogen and oxygen atoms in total. The summed E-state index contributed by atoms with van der Waals surface area (Å²) in [5.74, 6) is -0.980. The van der Waals surface area contributed by atoms with Crippen molar-refractivity contribution in [1.29, 1.82) is 0 Å². The molecule has 0 radical (unpaired) electrons. The number of halogens is 3. The van der Waals surface area contributed by atoms with Crippen LogP contribution < -0.4 is 4.74 Å². The number of amides is 1. The number of carbonyl (C=O) groups excluding carboxylic acids is 1. The van der Waals surface area contributed by atoms with Gasteiger partial charge in [-0.15, -0.1) is 13.2 Å².